The third kappa shape index (κ3) is 3.41. The van der Waals surface area contributed by atoms with E-state index < -0.39 is 0 Å². The summed E-state index contributed by atoms with van der Waals surface area (Å²) in [5, 5.41) is 0. The number of methoxy groups -OCH3 is 2. The molecule has 0 aliphatic carbocycles. The first-order valence-corrected chi connectivity index (χ1v) is 8.12. The van der Waals surface area contributed by atoms with Crippen molar-refractivity contribution >= 4 is 5.91 Å². The molecular formula is C19H22N2O3. The minimum absolute atomic E-state index is 0.0623. The van der Waals surface area contributed by atoms with Gasteiger partial charge in [-0.2, -0.15) is 0 Å². The molecule has 5 nitrogen and oxygen atoms in total. The molecule has 126 valence electrons. The molecule has 0 radical (unpaired) electrons. The van der Waals surface area contributed by atoms with Crippen LogP contribution in [0.1, 0.15) is 23.2 Å². The van der Waals surface area contributed by atoms with E-state index in [1.54, 1.807) is 26.6 Å². The molecule has 1 aromatic carbocycles. The highest BCUT2D eigenvalue weighted by molar-refractivity contribution is 5.95. The molecule has 1 aliphatic rings. The first-order valence-electron chi connectivity index (χ1n) is 8.12. The Morgan fingerprint density at radius 3 is 2.92 bits per heavy atom. The zero-order valence-electron chi connectivity index (χ0n) is 14.1. The highest BCUT2D eigenvalue weighted by Crippen LogP contribution is 2.25. The Morgan fingerprint density at radius 1 is 1.25 bits per heavy atom. The second kappa shape index (κ2) is 7.45. The predicted octanol–water partition coefficient (Wildman–Crippen LogP) is 3.01. The van der Waals surface area contributed by atoms with Gasteiger partial charge in [-0.3, -0.25) is 9.78 Å². The number of hydrogen-bond acceptors (Lipinski definition) is 4. The van der Waals surface area contributed by atoms with Crippen molar-refractivity contribution in [1.29, 1.82) is 0 Å². The topological polar surface area (TPSA) is 51.7 Å². The van der Waals surface area contributed by atoms with Crippen LogP contribution in [-0.2, 0) is 4.74 Å². The summed E-state index contributed by atoms with van der Waals surface area (Å²) in [4.78, 5) is 19.0. The van der Waals surface area contributed by atoms with Crippen LogP contribution >= 0.6 is 0 Å². The zero-order valence-corrected chi connectivity index (χ0v) is 14.1. The Kier molecular flexibility index (Phi) is 5.11. The fourth-order valence-corrected chi connectivity index (χ4v) is 3.15. The quantitative estimate of drug-likeness (QED) is 0.847. The largest absolute Gasteiger partial charge is 0.495 e. The third-order valence-corrected chi connectivity index (χ3v) is 4.39. The molecule has 0 spiro atoms. The second-order valence-corrected chi connectivity index (χ2v) is 5.94. The fraction of sp³-hybridized carbons (Fsp3) is 0.368. The zero-order chi connectivity index (χ0) is 16.9. The molecule has 3 rings (SSSR count). The van der Waals surface area contributed by atoms with Crippen molar-refractivity contribution < 1.29 is 14.3 Å². The van der Waals surface area contributed by atoms with Crippen LogP contribution in [0.25, 0.3) is 11.1 Å². The molecule has 0 saturated carbocycles. The molecule has 1 unspecified atom stereocenters. The van der Waals surface area contributed by atoms with Gasteiger partial charge >= 0.3 is 0 Å². The monoisotopic (exact) mass is 326 g/mol. The number of nitrogens with zero attached hydrogens (tertiary/aromatic N) is 2. The van der Waals surface area contributed by atoms with E-state index in [1.165, 1.54) is 0 Å². The van der Waals surface area contributed by atoms with Crippen LogP contribution in [0.4, 0.5) is 0 Å². The van der Waals surface area contributed by atoms with Gasteiger partial charge in [0.2, 0.25) is 0 Å². The summed E-state index contributed by atoms with van der Waals surface area (Å²) >= 11 is 0. The molecule has 1 aromatic heterocycles. The van der Waals surface area contributed by atoms with Gasteiger partial charge in [0.15, 0.2) is 0 Å². The van der Waals surface area contributed by atoms with E-state index in [0.717, 1.165) is 30.5 Å². The van der Waals surface area contributed by atoms with Gasteiger partial charge in [0.25, 0.3) is 5.91 Å². The molecule has 2 aromatic rings. The summed E-state index contributed by atoms with van der Waals surface area (Å²) < 4.78 is 10.5. The lowest BCUT2D eigenvalue weighted by Gasteiger charge is -2.24. The van der Waals surface area contributed by atoms with E-state index >= 15 is 0 Å². The van der Waals surface area contributed by atoms with Crippen LogP contribution in [0.3, 0.4) is 0 Å². The average molecular weight is 326 g/mol. The molecule has 1 aliphatic heterocycles. The molecule has 5 heteroatoms. The van der Waals surface area contributed by atoms with Crippen molar-refractivity contribution in [2.24, 2.45) is 0 Å². The Bertz CT molecular complexity index is 717. The van der Waals surface area contributed by atoms with Crippen LogP contribution in [0.5, 0.6) is 5.75 Å². The molecule has 1 fully saturated rings. The molecule has 24 heavy (non-hydrogen) atoms. The SMILES string of the molecule is COCC1CCCN1C(=O)c1cccc(-c2cncc(OC)c2)c1. The normalized spacial score (nSPS) is 17.1. The first-order chi connectivity index (χ1) is 11.7. The van der Waals surface area contributed by atoms with Gasteiger partial charge in [0.05, 0.1) is 26.0 Å². The second-order valence-electron chi connectivity index (χ2n) is 5.94. The Morgan fingerprint density at radius 2 is 2.12 bits per heavy atom. The molecule has 0 N–H and O–H groups in total. The van der Waals surface area contributed by atoms with Crippen molar-refractivity contribution in [3.63, 3.8) is 0 Å². The fourth-order valence-electron chi connectivity index (χ4n) is 3.15. The van der Waals surface area contributed by atoms with Crippen LogP contribution in [-0.4, -0.2) is 49.2 Å². The van der Waals surface area contributed by atoms with Gasteiger partial charge in [0, 0.05) is 31.0 Å². The first kappa shape index (κ1) is 16.5. The number of rotatable bonds is 5. The van der Waals surface area contributed by atoms with Crippen LogP contribution in [0, 0.1) is 0 Å². The minimum Gasteiger partial charge on any atom is -0.495 e. The van der Waals surface area contributed by atoms with E-state index in [1.807, 2.05) is 35.2 Å². The summed E-state index contributed by atoms with van der Waals surface area (Å²) in [5.41, 5.74) is 2.58. The van der Waals surface area contributed by atoms with E-state index in [0.29, 0.717) is 17.9 Å². The van der Waals surface area contributed by atoms with Gasteiger partial charge in [-0.1, -0.05) is 12.1 Å². The van der Waals surface area contributed by atoms with Gasteiger partial charge in [-0.05, 0) is 36.6 Å². The maximum atomic E-state index is 12.9. The number of aromatic nitrogens is 1. The molecule has 2 heterocycles. The van der Waals surface area contributed by atoms with E-state index in [4.69, 9.17) is 9.47 Å². The van der Waals surface area contributed by atoms with Crippen molar-refractivity contribution in [2.45, 2.75) is 18.9 Å². The van der Waals surface area contributed by atoms with Gasteiger partial charge in [-0.25, -0.2) is 0 Å². The lowest BCUT2D eigenvalue weighted by atomic mass is 10.0. The Balaban J connectivity index is 1.86. The Hall–Kier alpha value is -2.40. The minimum atomic E-state index is 0.0623. The van der Waals surface area contributed by atoms with E-state index in [-0.39, 0.29) is 11.9 Å². The highest BCUT2D eigenvalue weighted by atomic mass is 16.5. The van der Waals surface area contributed by atoms with Crippen LogP contribution < -0.4 is 4.74 Å². The van der Waals surface area contributed by atoms with Crippen molar-refractivity contribution in [2.75, 3.05) is 27.4 Å². The van der Waals surface area contributed by atoms with Crippen LogP contribution in [0.15, 0.2) is 42.7 Å². The number of likely N-dealkylation sites (tertiary alicyclic amines) is 1. The average Bonchev–Trinajstić information content (AvgIpc) is 3.10. The number of carbonyl (C=O) groups is 1. The number of carbonyl (C=O) groups excluding carboxylic acids is 1. The molecule has 1 saturated heterocycles. The predicted molar refractivity (Wildman–Crippen MR) is 92.2 cm³/mol. The number of pyridine rings is 1. The molecule has 1 amide bonds. The Labute approximate surface area is 142 Å². The van der Waals surface area contributed by atoms with Crippen molar-refractivity contribution in [3.05, 3.63) is 48.3 Å². The van der Waals surface area contributed by atoms with Crippen molar-refractivity contribution in [3.8, 4) is 16.9 Å². The number of ether oxygens (including phenoxy) is 2. The highest BCUT2D eigenvalue weighted by Gasteiger charge is 2.29. The molecule has 1 atom stereocenters. The van der Waals surface area contributed by atoms with Crippen molar-refractivity contribution in [1.82, 2.24) is 9.88 Å². The summed E-state index contributed by atoms with van der Waals surface area (Å²) in [5.74, 6) is 0.760. The lowest BCUT2D eigenvalue weighted by molar-refractivity contribution is 0.0630. The standard InChI is InChI=1S/C19H22N2O3/c1-23-13-17-7-4-8-21(17)19(22)15-6-3-5-14(9-15)16-10-18(24-2)12-20-11-16/h3,5-6,9-12,17H,4,7-8,13H2,1-2H3. The maximum absolute atomic E-state index is 12.9. The third-order valence-electron chi connectivity index (χ3n) is 4.39. The van der Waals surface area contributed by atoms with E-state index in [9.17, 15) is 4.79 Å². The van der Waals surface area contributed by atoms with E-state index in [2.05, 4.69) is 4.98 Å². The summed E-state index contributed by atoms with van der Waals surface area (Å²) in [6.45, 7) is 1.38. The van der Waals surface area contributed by atoms with Crippen LogP contribution in [0.2, 0.25) is 0 Å². The lowest BCUT2D eigenvalue weighted by Crippen LogP contribution is -2.38. The smallest absolute Gasteiger partial charge is 0.254 e. The summed E-state index contributed by atoms with van der Waals surface area (Å²) in [7, 11) is 3.29. The van der Waals surface area contributed by atoms with Gasteiger partial charge < -0.3 is 14.4 Å². The van der Waals surface area contributed by atoms with Gasteiger partial charge in [0.1, 0.15) is 5.75 Å². The number of benzene rings is 1. The summed E-state index contributed by atoms with van der Waals surface area (Å²) in [6, 6.07) is 9.75. The van der Waals surface area contributed by atoms with Gasteiger partial charge in [-0.15, -0.1) is 0 Å². The maximum Gasteiger partial charge on any atom is 0.254 e. The molecule has 0 bridgehead atoms. The number of hydrogen-bond donors (Lipinski definition) is 0. The molecular weight excluding hydrogens is 304 g/mol. The summed E-state index contributed by atoms with van der Waals surface area (Å²) in [6.07, 6.45) is 5.46. The number of amides is 1.